The van der Waals surface area contributed by atoms with Crippen LogP contribution < -0.4 is 31.8 Å². The van der Waals surface area contributed by atoms with Crippen LogP contribution in [0.4, 0.5) is 0 Å². The van der Waals surface area contributed by atoms with E-state index < -0.39 is 25.4 Å². The summed E-state index contributed by atoms with van der Waals surface area (Å²) < 4.78 is 33.3. The van der Waals surface area contributed by atoms with Crippen molar-refractivity contribution in [2.75, 3.05) is 0 Å². The molecule has 2 nitrogen and oxygen atoms in total. The Morgan fingerprint density at radius 3 is 0.561 bits per heavy atom. The number of rotatable bonds is 8. The second kappa shape index (κ2) is 11.7. The maximum absolute atomic E-state index is 16.7. The van der Waals surface area contributed by atoms with E-state index in [1.807, 2.05) is 182 Å². The van der Waals surface area contributed by atoms with Gasteiger partial charge in [0.25, 0.3) is 0 Å². The van der Waals surface area contributed by atoms with Gasteiger partial charge in [-0.2, -0.15) is 0 Å². The van der Waals surface area contributed by atoms with Gasteiger partial charge in [-0.25, -0.2) is 0 Å². The van der Waals surface area contributed by atoms with Gasteiger partial charge in [-0.15, -0.1) is 0 Å². The molecule has 0 saturated carbocycles. The molecule has 0 aliphatic rings. The number of benzene rings is 6. The monoisotopic (exact) mass is 664 g/mol. The summed E-state index contributed by atoms with van der Waals surface area (Å²) in [6, 6.07) is 60.0. The first-order valence-electron chi connectivity index (χ1n) is 13.5. The summed E-state index contributed by atoms with van der Waals surface area (Å²) >= 11 is -5.11. The molecule has 0 bridgehead atoms. The summed E-state index contributed by atoms with van der Waals surface area (Å²) in [6.07, 6.45) is 0. The third-order valence-corrected chi connectivity index (χ3v) is 41.1. The van der Waals surface area contributed by atoms with Crippen molar-refractivity contribution in [3.63, 3.8) is 0 Å². The molecule has 0 aliphatic heterocycles. The van der Waals surface area contributed by atoms with Crippen LogP contribution in [0.25, 0.3) is 0 Å². The van der Waals surface area contributed by atoms with Crippen LogP contribution in [-0.4, -0.2) is 0 Å². The Morgan fingerprint density at radius 2 is 0.415 bits per heavy atom. The molecule has 6 aromatic carbocycles. The van der Waals surface area contributed by atoms with E-state index in [1.165, 1.54) is 0 Å². The Bertz CT molecular complexity index is 1490. The van der Waals surface area contributed by atoms with E-state index in [4.69, 9.17) is 0 Å². The minimum absolute atomic E-state index is 0.888. The molecule has 0 N–H and O–H groups in total. The van der Waals surface area contributed by atoms with E-state index in [-0.39, 0.29) is 0 Å². The molecule has 6 aromatic rings. The topological polar surface area (TPSA) is 34.1 Å². The van der Waals surface area contributed by atoms with Gasteiger partial charge in [0, 0.05) is 0 Å². The molecule has 212 valence electrons. The summed E-state index contributed by atoms with van der Waals surface area (Å²) in [5.74, 6) is 0. The molecule has 0 unspecified atom stereocenters. The maximum atomic E-state index is 16.7. The predicted molar refractivity (Wildman–Crippen MR) is 174 cm³/mol. The van der Waals surface area contributed by atoms with E-state index in [0.29, 0.717) is 0 Å². The SMILES string of the molecule is [O]=[Pd-4](=[O])([PH](c1ccccc1)(c1ccccc1)c1ccccc1)[PH](c1ccccc1)(c1ccccc1)c1ccccc1. The van der Waals surface area contributed by atoms with Crippen molar-refractivity contribution >= 4 is 42.7 Å². The first kappa shape index (κ1) is 27.6. The van der Waals surface area contributed by atoms with Gasteiger partial charge in [0.2, 0.25) is 0 Å². The molecular weight excluding hydrogens is 633 g/mol. The van der Waals surface area contributed by atoms with E-state index in [1.54, 1.807) is 0 Å². The molecule has 0 heterocycles. The van der Waals surface area contributed by atoms with Crippen molar-refractivity contribution in [3.05, 3.63) is 182 Å². The Hall–Kier alpha value is -3.56. The first-order valence-corrected chi connectivity index (χ1v) is 23.1. The molecule has 0 aromatic heterocycles. The van der Waals surface area contributed by atoms with Gasteiger partial charge in [-0.3, -0.25) is 0 Å². The second-order valence-corrected chi connectivity index (χ2v) is 31.4. The summed E-state index contributed by atoms with van der Waals surface area (Å²) in [5, 5.41) is 5.33. The summed E-state index contributed by atoms with van der Waals surface area (Å²) in [7, 11) is 0. The molecule has 0 radical (unpaired) electrons. The van der Waals surface area contributed by atoms with Gasteiger partial charge in [-0.1, -0.05) is 0 Å². The Kier molecular flexibility index (Phi) is 7.90. The fourth-order valence-corrected chi connectivity index (χ4v) is 47.4. The molecule has 0 spiro atoms. The Morgan fingerprint density at radius 1 is 0.268 bits per heavy atom. The quantitative estimate of drug-likeness (QED) is 0.145. The molecule has 5 heteroatoms. The fraction of sp³-hybridized carbons (Fsp3) is 0. The Balaban J connectivity index is 1.88. The standard InChI is InChI=1S/2C18H15P.2O.Pd/c2*1-4-10-16(11-5-1)19(17-12-6-2-7-13-17)18-14-8-3-9-15-18;;;/h2*1-15H;;;/q;;;;-6/p+2. The normalized spacial score (nSPS) is 13.3. The van der Waals surface area contributed by atoms with Gasteiger partial charge in [0.1, 0.15) is 0 Å². The van der Waals surface area contributed by atoms with Crippen LogP contribution in [0.3, 0.4) is 0 Å². The van der Waals surface area contributed by atoms with Gasteiger partial charge in [-0.05, 0) is 0 Å². The van der Waals surface area contributed by atoms with E-state index in [2.05, 4.69) is 0 Å². The summed E-state index contributed by atoms with van der Waals surface area (Å²) in [6.45, 7) is 0. The average Bonchev–Trinajstić information content (AvgIpc) is 3.05. The molecule has 0 fully saturated rings. The molecule has 6 rings (SSSR count). The van der Waals surface area contributed by atoms with Crippen molar-refractivity contribution in [2.24, 2.45) is 0 Å². The van der Waals surface area contributed by atoms with Gasteiger partial charge in [0.15, 0.2) is 0 Å². The van der Waals surface area contributed by atoms with Crippen LogP contribution in [0.1, 0.15) is 0 Å². The zero-order chi connectivity index (χ0) is 28.2. The van der Waals surface area contributed by atoms with E-state index >= 15 is 6.94 Å². The van der Waals surface area contributed by atoms with Crippen molar-refractivity contribution < 1.29 is 21.4 Å². The van der Waals surface area contributed by atoms with Crippen LogP contribution in [0, 0.1) is 0 Å². The van der Waals surface area contributed by atoms with Crippen molar-refractivity contribution in [1.82, 2.24) is 0 Å². The number of hydrogen-bond acceptors (Lipinski definition) is 2. The fourth-order valence-electron chi connectivity index (χ4n) is 5.84. The van der Waals surface area contributed by atoms with E-state index in [9.17, 15) is 0 Å². The third kappa shape index (κ3) is 4.46. The minimum atomic E-state index is -5.11. The molecule has 41 heavy (non-hydrogen) atoms. The molecule has 0 amide bonds. The van der Waals surface area contributed by atoms with Crippen molar-refractivity contribution in [2.45, 2.75) is 0 Å². The molecule has 0 aliphatic carbocycles. The van der Waals surface area contributed by atoms with Crippen LogP contribution in [0.2, 0.25) is 0 Å². The van der Waals surface area contributed by atoms with Crippen molar-refractivity contribution in [1.29, 1.82) is 0 Å². The average molecular weight is 665 g/mol. The Labute approximate surface area is 245 Å². The van der Waals surface area contributed by atoms with Crippen LogP contribution in [0.15, 0.2) is 182 Å². The van der Waals surface area contributed by atoms with Crippen molar-refractivity contribution in [3.8, 4) is 0 Å². The first-order chi connectivity index (χ1) is 20.1. The third-order valence-electron chi connectivity index (χ3n) is 7.55. The van der Waals surface area contributed by atoms with Crippen LogP contribution in [-0.2, 0) is 21.4 Å². The zero-order valence-corrected chi connectivity index (χ0v) is 26.0. The van der Waals surface area contributed by atoms with Gasteiger partial charge >= 0.3 is 246 Å². The molecular formula is C36H32O2P2Pd-4. The van der Waals surface area contributed by atoms with Crippen LogP contribution in [0.5, 0.6) is 0 Å². The summed E-state index contributed by atoms with van der Waals surface area (Å²) in [4.78, 5) is 0. The number of hydrogen-bond donors (Lipinski definition) is 0. The predicted octanol–water partition coefficient (Wildman–Crippen LogP) is 6.11. The van der Waals surface area contributed by atoms with Crippen LogP contribution >= 0.6 is 10.9 Å². The zero-order valence-electron chi connectivity index (χ0n) is 22.5. The second-order valence-electron chi connectivity index (χ2n) is 9.81. The molecule has 0 saturated heterocycles. The van der Waals surface area contributed by atoms with Gasteiger partial charge < -0.3 is 0 Å². The van der Waals surface area contributed by atoms with E-state index in [0.717, 1.165) is 31.8 Å². The summed E-state index contributed by atoms with van der Waals surface area (Å²) in [5.41, 5.74) is -7.47. The molecule has 0 atom stereocenters. The van der Waals surface area contributed by atoms with Gasteiger partial charge in [0.05, 0.1) is 0 Å².